The van der Waals surface area contributed by atoms with Crippen molar-refractivity contribution in [2.24, 2.45) is 0 Å². The zero-order valence-corrected chi connectivity index (χ0v) is 13.8. The van der Waals surface area contributed by atoms with Crippen molar-refractivity contribution >= 4 is 15.5 Å². The number of aryl methyl sites for hydroxylation is 1. The molecule has 0 aromatic heterocycles. The fourth-order valence-corrected chi connectivity index (χ4v) is 3.18. The van der Waals surface area contributed by atoms with Crippen LogP contribution in [0, 0.1) is 0 Å². The third-order valence-electron chi connectivity index (χ3n) is 3.69. The molecule has 2 rings (SSSR count). The van der Waals surface area contributed by atoms with Gasteiger partial charge in [-0.25, -0.2) is 8.42 Å². The molecule has 0 saturated heterocycles. The number of anilines is 1. The van der Waals surface area contributed by atoms with Gasteiger partial charge in [-0.05, 0) is 36.6 Å². The molecule has 1 N–H and O–H groups in total. The summed E-state index contributed by atoms with van der Waals surface area (Å²) in [5.41, 5.74) is 2.33. The zero-order valence-electron chi connectivity index (χ0n) is 13.0. The highest BCUT2D eigenvalue weighted by atomic mass is 32.2. The Morgan fingerprint density at radius 2 is 1.65 bits per heavy atom. The number of benzene rings is 2. The molecule has 0 radical (unpaired) electrons. The van der Waals surface area contributed by atoms with Crippen molar-refractivity contribution in [2.45, 2.75) is 37.0 Å². The highest BCUT2D eigenvalue weighted by Crippen LogP contribution is 2.29. The quantitative estimate of drug-likeness (QED) is 0.847. The van der Waals surface area contributed by atoms with E-state index in [1.165, 1.54) is 23.8 Å². The summed E-state index contributed by atoms with van der Waals surface area (Å²) in [6.07, 6.45) is 0.928. The lowest BCUT2D eigenvalue weighted by Crippen LogP contribution is -2.15. The second-order valence-electron chi connectivity index (χ2n) is 5.26. The van der Waals surface area contributed by atoms with Gasteiger partial charge in [-0.3, -0.25) is 0 Å². The van der Waals surface area contributed by atoms with E-state index in [1.807, 2.05) is 31.2 Å². The number of halogens is 2. The van der Waals surface area contributed by atoms with Gasteiger partial charge in [-0.1, -0.05) is 43.3 Å². The van der Waals surface area contributed by atoms with Gasteiger partial charge in [0.2, 0.25) is 9.84 Å². The average Bonchev–Trinajstić information content (AvgIpc) is 2.55. The average molecular weight is 339 g/mol. The van der Waals surface area contributed by atoms with Crippen molar-refractivity contribution in [2.75, 3.05) is 5.32 Å². The number of para-hydroxylation sites is 1. The molecule has 0 saturated carbocycles. The second kappa shape index (κ2) is 7.08. The van der Waals surface area contributed by atoms with Crippen LogP contribution in [0.5, 0.6) is 0 Å². The van der Waals surface area contributed by atoms with E-state index >= 15 is 0 Å². The van der Waals surface area contributed by atoms with Gasteiger partial charge < -0.3 is 5.32 Å². The van der Waals surface area contributed by atoms with E-state index in [0.717, 1.165) is 12.0 Å². The predicted octanol–water partition coefficient (Wildman–Crippen LogP) is 4.42. The Balaban J connectivity index is 2.29. The van der Waals surface area contributed by atoms with Crippen LogP contribution in [0.2, 0.25) is 0 Å². The van der Waals surface area contributed by atoms with Crippen molar-refractivity contribution in [3.8, 4) is 0 Å². The fraction of sp³-hybridized carbons (Fsp3) is 0.294. The Morgan fingerprint density at radius 1 is 1.04 bits per heavy atom. The first kappa shape index (κ1) is 17.4. The van der Waals surface area contributed by atoms with Crippen LogP contribution in [0.1, 0.15) is 31.0 Å². The second-order valence-corrected chi connectivity index (χ2v) is 7.15. The maximum atomic E-state index is 12.8. The minimum Gasteiger partial charge on any atom is -0.377 e. The van der Waals surface area contributed by atoms with Crippen LogP contribution in [-0.4, -0.2) is 14.2 Å². The fourth-order valence-electron chi connectivity index (χ4n) is 2.29. The van der Waals surface area contributed by atoms with Crippen molar-refractivity contribution in [1.82, 2.24) is 0 Å². The molecule has 1 atom stereocenters. The molecule has 0 aliphatic rings. The molecule has 0 fully saturated rings. The Kier molecular flexibility index (Phi) is 5.36. The Labute approximate surface area is 135 Å². The van der Waals surface area contributed by atoms with Crippen molar-refractivity contribution in [3.63, 3.8) is 0 Å². The third kappa shape index (κ3) is 3.88. The maximum absolute atomic E-state index is 12.8. The number of alkyl halides is 2. The van der Waals surface area contributed by atoms with Crippen LogP contribution in [-0.2, 0) is 16.3 Å². The van der Waals surface area contributed by atoms with Crippen LogP contribution in [0.25, 0.3) is 0 Å². The molecule has 0 amide bonds. The van der Waals surface area contributed by atoms with Crippen LogP contribution < -0.4 is 5.32 Å². The van der Waals surface area contributed by atoms with Crippen molar-refractivity contribution in [3.05, 3.63) is 59.7 Å². The highest BCUT2D eigenvalue weighted by Gasteiger charge is 2.29. The molecule has 0 aliphatic carbocycles. The Hall–Kier alpha value is -1.95. The lowest BCUT2D eigenvalue weighted by Gasteiger charge is -2.18. The molecule has 124 valence electrons. The molecular formula is C17H19F2NO2S. The summed E-state index contributed by atoms with van der Waals surface area (Å²) < 4.78 is 49.1. The molecule has 0 bridgehead atoms. The zero-order chi connectivity index (χ0) is 17.0. The van der Waals surface area contributed by atoms with Crippen molar-refractivity contribution < 1.29 is 17.2 Å². The molecule has 2 aromatic rings. The topological polar surface area (TPSA) is 46.2 Å². The minimum atomic E-state index is -4.64. The van der Waals surface area contributed by atoms with Crippen LogP contribution in [0.15, 0.2) is 53.4 Å². The largest absolute Gasteiger partial charge is 0.377 e. The van der Waals surface area contributed by atoms with Crippen LogP contribution in [0.4, 0.5) is 14.5 Å². The van der Waals surface area contributed by atoms with Gasteiger partial charge in [-0.2, -0.15) is 8.78 Å². The van der Waals surface area contributed by atoms with E-state index in [2.05, 4.69) is 12.2 Å². The van der Waals surface area contributed by atoms with Gasteiger partial charge in [0.05, 0.1) is 10.6 Å². The van der Waals surface area contributed by atoms with E-state index in [0.29, 0.717) is 0 Å². The van der Waals surface area contributed by atoms with Crippen LogP contribution in [0.3, 0.4) is 0 Å². The molecule has 0 spiro atoms. The molecule has 2 aromatic carbocycles. The highest BCUT2D eigenvalue weighted by molar-refractivity contribution is 7.91. The number of rotatable bonds is 6. The summed E-state index contributed by atoms with van der Waals surface area (Å²) in [5, 5.41) is 3.01. The minimum absolute atomic E-state index is 0.180. The third-order valence-corrected chi connectivity index (χ3v) is 5.13. The predicted molar refractivity (Wildman–Crippen MR) is 87.5 cm³/mol. The molecular weight excluding hydrogens is 320 g/mol. The van der Waals surface area contributed by atoms with Gasteiger partial charge >= 0.3 is 5.76 Å². The number of hydrogen-bond acceptors (Lipinski definition) is 3. The van der Waals surface area contributed by atoms with Gasteiger partial charge in [0.15, 0.2) is 0 Å². The maximum Gasteiger partial charge on any atom is 0.341 e. The molecule has 23 heavy (non-hydrogen) atoms. The van der Waals surface area contributed by atoms with E-state index < -0.39 is 15.6 Å². The first-order valence-corrected chi connectivity index (χ1v) is 8.87. The molecule has 0 aliphatic heterocycles. The van der Waals surface area contributed by atoms with E-state index in [-0.39, 0.29) is 16.6 Å². The smallest absolute Gasteiger partial charge is 0.341 e. The van der Waals surface area contributed by atoms with E-state index in [9.17, 15) is 17.2 Å². The lowest BCUT2D eigenvalue weighted by atomic mass is 10.0. The van der Waals surface area contributed by atoms with Gasteiger partial charge in [0.25, 0.3) is 0 Å². The summed E-state index contributed by atoms with van der Waals surface area (Å²) in [4.78, 5) is -0.382. The number of hydrogen-bond donors (Lipinski definition) is 1. The summed E-state index contributed by atoms with van der Waals surface area (Å²) in [6, 6.07) is 13.4. The summed E-state index contributed by atoms with van der Waals surface area (Å²) in [5.74, 6) is -3.44. The summed E-state index contributed by atoms with van der Waals surface area (Å²) in [7, 11) is -4.64. The Bertz CT molecular complexity index is 758. The van der Waals surface area contributed by atoms with Crippen LogP contribution >= 0.6 is 0 Å². The summed E-state index contributed by atoms with van der Waals surface area (Å²) in [6.45, 7) is 3.91. The first-order valence-electron chi connectivity index (χ1n) is 7.32. The molecule has 6 heteroatoms. The molecule has 0 heterocycles. The normalized spacial score (nSPS) is 13.1. The van der Waals surface area contributed by atoms with Gasteiger partial charge in [0, 0.05) is 6.04 Å². The Morgan fingerprint density at radius 3 is 2.22 bits per heavy atom. The number of nitrogens with one attached hydrogen (secondary N) is 1. The first-order chi connectivity index (χ1) is 10.9. The molecule has 3 nitrogen and oxygen atoms in total. The van der Waals surface area contributed by atoms with E-state index in [1.54, 1.807) is 6.07 Å². The monoisotopic (exact) mass is 339 g/mol. The SMILES string of the molecule is CCc1ccc(C(C)Nc2ccccc2S(=O)(=O)C(F)F)cc1. The standard InChI is InChI=1S/C17H19F2NO2S/c1-3-13-8-10-14(11-9-13)12(2)20-15-6-4-5-7-16(15)23(21,22)17(18)19/h4-12,17,20H,3H2,1-2H3. The van der Waals surface area contributed by atoms with Crippen molar-refractivity contribution in [1.29, 1.82) is 0 Å². The summed E-state index contributed by atoms with van der Waals surface area (Å²) >= 11 is 0. The lowest BCUT2D eigenvalue weighted by molar-refractivity contribution is 0.235. The van der Waals surface area contributed by atoms with Gasteiger partial charge in [-0.15, -0.1) is 0 Å². The van der Waals surface area contributed by atoms with E-state index in [4.69, 9.17) is 0 Å². The molecule has 1 unspecified atom stereocenters. The number of sulfone groups is 1. The van der Waals surface area contributed by atoms with Gasteiger partial charge in [0.1, 0.15) is 0 Å².